The van der Waals surface area contributed by atoms with Crippen molar-refractivity contribution in [2.24, 2.45) is 5.41 Å². The first kappa shape index (κ1) is 25.8. The molecule has 2 aromatic carbocycles. The van der Waals surface area contributed by atoms with Gasteiger partial charge in [0, 0.05) is 62.5 Å². The molecule has 0 unspecified atom stereocenters. The van der Waals surface area contributed by atoms with Crippen LogP contribution in [0.25, 0.3) is 0 Å². The SMILES string of the molecule is CC(C)(C)C(=O)N1CCN(c2ccc(Cl)cc2F)[C@H](c2ccc(CN3CCC(F)(F)CC3)cc2)C1. The molecule has 2 aliphatic heterocycles. The second-order valence-electron chi connectivity index (χ2n) is 10.7. The maximum Gasteiger partial charge on any atom is 0.250 e. The zero-order valence-corrected chi connectivity index (χ0v) is 21.3. The van der Waals surface area contributed by atoms with Gasteiger partial charge in [-0.25, -0.2) is 13.2 Å². The maximum absolute atomic E-state index is 14.9. The second kappa shape index (κ2) is 10.0. The fraction of sp³-hybridized carbons (Fsp3) is 0.519. The highest BCUT2D eigenvalue weighted by Gasteiger charge is 2.36. The number of piperidine rings is 1. The number of likely N-dealkylation sites (tertiary alicyclic amines) is 1. The number of hydrogen-bond acceptors (Lipinski definition) is 3. The van der Waals surface area contributed by atoms with Crippen LogP contribution in [-0.4, -0.2) is 54.4 Å². The lowest BCUT2D eigenvalue weighted by Crippen LogP contribution is -2.53. The van der Waals surface area contributed by atoms with E-state index in [2.05, 4.69) is 0 Å². The highest BCUT2D eigenvalue weighted by Crippen LogP contribution is 2.35. The van der Waals surface area contributed by atoms with E-state index < -0.39 is 17.2 Å². The van der Waals surface area contributed by atoms with E-state index in [9.17, 15) is 18.0 Å². The van der Waals surface area contributed by atoms with Gasteiger partial charge in [0.1, 0.15) is 5.82 Å². The van der Waals surface area contributed by atoms with E-state index >= 15 is 0 Å². The van der Waals surface area contributed by atoms with Crippen LogP contribution in [0.3, 0.4) is 0 Å². The first-order valence-electron chi connectivity index (χ1n) is 12.1. The van der Waals surface area contributed by atoms with Gasteiger partial charge in [0.05, 0.1) is 11.7 Å². The largest absolute Gasteiger partial charge is 0.359 e. The number of carbonyl (C=O) groups excluding carboxylic acids is 1. The Hall–Kier alpha value is -2.25. The van der Waals surface area contributed by atoms with Gasteiger partial charge in [-0.1, -0.05) is 56.6 Å². The number of nitrogens with zero attached hydrogens (tertiary/aromatic N) is 3. The summed E-state index contributed by atoms with van der Waals surface area (Å²) in [4.78, 5) is 18.9. The zero-order valence-electron chi connectivity index (χ0n) is 20.5. The number of anilines is 1. The van der Waals surface area contributed by atoms with Crippen molar-refractivity contribution in [2.75, 3.05) is 37.6 Å². The summed E-state index contributed by atoms with van der Waals surface area (Å²) in [5.74, 6) is -2.88. The summed E-state index contributed by atoms with van der Waals surface area (Å²) in [6, 6.07) is 12.5. The van der Waals surface area contributed by atoms with Crippen LogP contribution < -0.4 is 4.90 Å². The fourth-order valence-corrected chi connectivity index (χ4v) is 5.03. The molecule has 0 spiro atoms. The number of hydrogen-bond donors (Lipinski definition) is 0. The molecule has 2 saturated heterocycles. The summed E-state index contributed by atoms with van der Waals surface area (Å²) in [6.45, 7) is 8.53. The van der Waals surface area contributed by atoms with Crippen LogP contribution in [0, 0.1) is 11.2 Å². The molecule has 35 heavy (non-hydrogen) atoms. The van der Waals surface area contributed by atoms with Crippen LogP contribution in [-0.2, 0) is 11.3 Å². The van der Waals surface area contributed by atoms with E-state index in [1.807, 2.05) is 59.7 Å². The minimum absolute atomic E-state index is 0.0669. The summed E-state index contributed by atoms with van der Waals surface area (Å²) in [5, 5.41) is 0.337. The highest BCUT2D eigenvalue weighted by molar-refractivity contribution is 6.30. The van der Waals surface area contributed by atoms with Crippen molar-refractivity contribution in [1.29, 1.82) is 0 Å². The number of amides is 1. The van der Waals surface area contributed by atoms with Crippen molar-refractivity contribution in [2.45, 2.75) is 52.1 Å². The van der Waals surface area contributed by atoms with Crippen molar-refractivity contribution < 1.29 is 18.0 Å². The van der Waals surface area contributed by atoms with Crippen LogP contribution in [0.4, 0.5) is 18.9 Å². The topological polar surface area (TPSA) is 26.8 Å². The molecule has 0 radical (unpaired) electrons. The molecular formula is C27H33ClF3N3O. The number of benzene rings is 2. The number of rotatable bonds is 4. The molecular weight excluding hydrogens is 475 g/mol. The molecule has 2 fully saturated rings. The van der Waals surface area contributed by atoms with Gasteiger partial charge in [-0.15, -0.1) is 0 Å². The summed E-state index contributed by atoms with van der Waals surface area (Å²) in [6.07, 6.45) is -0.209. The zero-order chi connectivity index (χ0) is 25.4. The van der Waals surface area contributed by atoms with Gasteiger partial charge in [0.2, 0.25) is 5.91 Å². The fourth-order valence-electron chi connectivity index (χ4n) is 4.87. The van der Waals surface area contributed by atoms with Gasteiger partial charge in [-0.3, -0.25) is 9.69 Å². The van der Waals surface area contributed by atoms with E-state index in [1.54, 1.807) is 12.1 Å². The third-order valence-electron chi connectivity index (χ3n) is 6.89. The molecule has 2 aliphatic rings. The lowest BCUT2D eigenvalue weighted by atomic mass is 9.92. The van der Waals surface area contributed by atoms with E-state index in [-0.39, 0.29) is 24.8 Å². The average Bonchev–Trinajstić information content (AvgIpc) is 2.80. The summed E-state index contributed by atoms with van der Waals surface area (Å²) in [5.41, 5.74) is 1.97. The highest BCUT2D eigenvalue weighted by atomic mass is 35.5. The first-order valence-corrected chi connectivity index (χ1v) is 12.5. The summed E-state index contributed by atoms with van der Waals surface area (Å²) >= 11 is 5.98. The number of carbonyl (C=O) groups is 1. The number of halogens is 4. The third kappa shape index (κ3) is 6.12. The summed E-state index contributed by atoms with van der Waals surface area (Å²) < 4.78 is 41.8. The first-order chi connectivity index (χ1) is 16.4. The van der Waals surface area contributed by atoms with Gasteiger partial charge < -0.3 is 9.80 Å². The summed E-state index contributed by atoms with van der Waals surface area (Å²) in [7, 11) is 0. The Morgan fingerprint density at radius 1 is 1.03 bits per heavy atom. The van der Waals surface area contributed by atoms with Gasteiger partial charge in [-0.2, -0.15) is 0 Å². The maximum atomic E-state index is 14.9. The van der Waals surface area contributed by atoms with Crippen LogP contribution in [0.5, 0.6) is 0 Å². The molecule has 8 heteroatoms. The Balaban J connectivity index is 1.56. The van der Waals surface area contributed by atoms with Gasteiger partial charge in [0.15, 0.2) is 0 Å². The van der Waals surface area contributed by atoms with Crippen molar-refractivity contribution in [3.63, 3.8) is 0 Å². The molecule has 2 heterocycles. The average molecular weight is 508 g/mol. The van der Waals surface area contributed by atoms with Crippen LogP contribution in [0.1, 0.15) is 50.8 Å². The molecule has 1 amide bonds. The molecule has 4 rings (SSSR count). The standard InChI is InChI=1S/C27H33ClF3N3O/c1-26(2,3)25(35)33-14-15-34(23-9-8-21(28)16-22(23)29)24(18-33)20-6-4-19(5-7-20)17-32-12-10-27(30,31)11-13-32/h4-9,16,24H,10-15,17-18H2,1-3H3/t24-/m0/s1. The molecule has 4 nitrogen and oxygen atoms in total. The third-order valence-corrected chi connectivity index (χ3v) is 7.12. The second-order valence-corrected chi connectivity index (χ2v) is 11.1. The van der Waals surface area contributed by atoms with Gasteiger partial charge >= 0.3 is 0 Å². The Labute approximate surface area is 210 Å². The molecule has 2 aromatic rings. The Kier molecular flexibility index (Phi) is 7.39. The van der Waals surface area contributed by atoms with E-state index in [1.165, 1.54) is 6.07 Å². The van der Waals surface area contributed by atoms with Gasteiger partial charge in [0.25, 0.3) is 5.92 Å². The molecule has 0 N–H and O–H groups in total. The lowest BCUT2D eigenvalue weighted by Gasteiger charge is -2.44. The number of piperazine rings is 1. The van der Waals surface area contributed by atoms with Crippen molar-refractivity contribution >= 4 is 23.2 Å². The molecule has 0 aromatic heterocycles. The smallest absolute Gasteiger partial charge is 0.250 e. The Morgan fingerprint density at radius 2 is 1.69 bits per heavy atom. The van der Waals surface area contributed by atoms with Crippen LogP contribution >= 0.6 is 11.6 Å². The lowest BCUT2D eigenvalue weighted by molar-refractivity contribution is -0.140. The van der Waals surface area contributed by atoms with E-state index in [0.29, 0.717) is 50.0 Å². The predicted octanol–water partition coefficient (Wildman–Crippen LogP) is 6.15. The molecule has 0 aliphatic carbocycles. The molecule has 0 saturated carbocycles. The van der Waals surface area contributed by atoms with Crippen molar-refractivity contribution in [3.8, 4) is 0 Å². The molecule has 0 bridgehead atoms. The van der Waals surface area contributed by atoms with Crippen molar-refractivity contribution in [3.05, 3.63) is 64.4 Å². The molecule has 1 atom stereocenters. The number of alkyl halides is 2. The molecule has 190 valence electrons. The van der Waals surface area contributed by atoms with Crippen molar-refractivity contribution in [1.82, 2.24) is 9.80 Å². The Bertz CT molecular complexity index is 1040. The predicted molar refractivity (Wildman–Crippen MR) is 133 cm³/mol. The Morgan fingerprint density at radius 3 is 2.29 bits per heavy atom. The van der Waals surface area contributed by atoms with E-state index in [0.717, 1.165) is 11.1 Å². The monoisotopic (exact) mass is 507 g/mol. The minimum Gasteiger partial charge on any atom is -0.359 e. The minimum atomic E-state index is -2.56. The van der Waals surface area contributed by atoms with Crippen LogP contribution in [0.2, 0.25) is 5.02 Å². The van der Waals surface area contributed by atoms with E-state index in [4.69, 9.17) is 11.6 Å². The van der Waals surface area contributed by atoms with Gasteiger partial charge in [-0.05, 0) is 29.3 Å². The van der Waals surface area contributed by atoms with Crippen LogP contribution in [0.15, 0.2) is 42.5 Å². The normalized spacial score (nSPS) is 21.3. The quantitative estimate of drug-likeness (QED) is 0.497.